The Bertz CT molecular complexity index is 1260. The Balaban J connectivity index is 1.57. The SMILES string of the molecule is COc1ccnc(C(=O)Nc2nc3ccc(Oc4cc(Cl)ccc4Cl)cc3s2)c1O. The van der Waals surface area contributed by atoms with Crippen LogP contribution >= 0.6 is 34.5 Å². The van der Waals surface area contributed by atoms with Gasteiger partial charge in [-0.1, -0.05) is 34.5 Å². The number of thiazole rings is 1. The van der Waals surface area contributed by atoms with E-state index in [1.54, 1.807) is 36.4 Å². The summed E-state index contributed by atoms with van der Waals surface area (Å²) in [7, 11) is 1.39. The number of hydrogen-bond donors (Lipinski definition) is 2. The number of nitrogens with zero attached hydrogens (tertiary/aromatic N) is 2. The Kier molecular flexibility index (Phi) is 5.63. The third-order valence-corrected chi connectivity index (χ3v) is 5.50. The quantitative estimate of drug-likeness (QED) is 0.392. The van der Waals surface area contributed by atoms with Crippen LogP contribution < -0.4 is 14.8 Å². The average molecular weight is 462 g/mol. The molecule has 0 bridgehead atoms. The van der Waals surface area contributed by atoms with E-state index in [1.165, 1.54) is 30.7 Å². The molecule has 0 radical (unpaired) electrons. The second kappa shape index (κ2) is 8.35. The van der Waals surface area contributed by atoms with Crippen LogP contribution in [0.3, 0.4) is 0 Å². The minimum atomic E-state index is -0.604. The molecule has 2 aromatic heterocycles. The van der Waals surface area contributed by atoms with E-state index in [0.717, 1.165) is 4.70 Å². The summed E-state index contributed by atoms with van der Waals surface area (Å²) in [6.45, 7) is 0. The number of benzene rings is 2. The van der Waals surface area contributed by atoms with E-state index in [-0.39, 0.29) is 17.2 Å². The smallest absolute Gasteiger partial charge is 0.280 e. The first-order valence-corrected chi connectivity index (χ1v) is 10.1. The Hall–Kier alpha value is -3.07. The molecule has 2 heterocycles. The predicted molar refractivity (Wildman–Crippen MR) is 117 cm³/mol. The van der Waals surface area contributed by atoms with Crippen molar-refractivity contribution in [2.24, 2.45) is 0 Å². The number of pyridine rings is 1. The van der Waals surface area contributed by atoms with Gasteiger partial charge in [-0.3, -0.25) is 10.1 Å². The number of fused-ring (bicyclic) bond motifs is 1. The van der Waals surface area contributed by atoms with Gasteiger partial charge >= 0.3 is 0 Å². The van der Waals surface area contributed by atoms with Gasteiger partial charge in [0.15, 0.2) is 22.3 Å². The zero-order valence-electron chi connectivity index (χ0n) is 15.3. The van der Waals surface area contributed by atoms with Crippen molar-refractivity contribution in [3.63, 3.8) is 0 Å². The normalized spacial score (nSPS) is 10.8. The molecule has 2 aromatic carbocycles. The molecule has 1 amide bonds. The van der Waals surface area contributed by atoms with Crippen LogP contribution in [0.1, 0.15) is 10.5 Å². The first kappa shape index (κ1) is 20.2. The molecule has 10 heteroatoms. The molecular weight excluding hydrogens is 449 g/mol. The lowest BCUT2D eigenvalue weighted by Gasteiger charge is -2.07. The largest absolute Gasteiger partial charge is 0.503 e. The van der Waals surface area contributed by atoms with Gasteiger partial charge in [-0.25, -0.2) is 9.97 Å². The fourth-order valence-electron chi connectivity index (χ4n) is 2.63. The van der Waals surface area contributed by atoms with E-state index >= 15 is 0 Å². The number of carbonyl (C=O) groups is 1. The summed E-state index contributed by atoms with van der Waals surface area (Å²) >= 11 is 13.4. The van der Waals surface area contributed by atoms with E-state index in [0.29, 0.717) is 32.2 Å². The zero-order valence-corrected chi connectivity index (χ0v) is 17.7. The van der Waals surface area contributed by atoms with Crippen molar-refractivity contribution in [1.29, 1.82) is 0 Å². The number of carbonyl (C=O) groups excluding carboxylic acids is 1. The maximum atomic E-state index is 12.5. The standard InChI is InChI=1S/C20H13Cl2N3O4S/c1-28-14-6-7-23-17(18(14)26)19(27)25-20-24-13-5-3-11(9-16(13)30-20)29-15-8-10(21)2-4-12(15)22/h2-9,26H,1H3,(H,24,25,27). The third-order valence-electron chi connectivity index (χ3n) is 4.02. The Labute approximate surface area is 184 Å². The molecule has 0 aliphatic carbocycles. The number of nitrogens with one attached hydrogen (secondary N) is 1. The molecule has 0 saturated carbocycles. The molecular formula is C20H13Cl2N3O4S. The zero-order chi connectivity index (χ0) is 21.3. The van der Waals surface area contributed by atoms with E-state index in [9.17, 15) is 9.90 Å². The topological polar surface area (TPSA) is 93.6 Å². The van der Waals surface area contributed by atoms with Crippen molar-refractivity contribution in [3.05, 3.63) is 64.4 Å². The highest BCUT2D eigenvalue weighted by molar-refractivity contribution is 7.22. The van der Waals surface area contributed by atoms with E-state index in [1.807, 2.05) is 0 Å². The van der Waals surface area contributed by atoms with Crippen LogP contribution in [0, 0.1) is 0 Å². The molecule has 0 atom stereocenters. The van der Waals surface area contributed by atoms with Crippen molar-refractivity contribution < 1.29 is 19.4 Å². The molecule has 30 heavy (non-hydrogen) atoms. The molecule has 4 aromatic rings. The molecule has 0 unspecified atom stereocenters. The van der Waals surface area contributed by atoms with Crippen molar-refractivity contribution in [2.45, 2.75) is 0 Å². The molecule has 152 valence electrons. The number of aromatic nitrogens is 2. The van der Waals surface area contributed by atoms with Crippen molar-refractivity contribution in [2.75, 3.05) is 12.4 Å². The summed E-state index contributed by atoms with van der Waals surface area (Å²) in [4.78, 5) is 20.8. The molecule has 2 N–H and O–H groups in total. The monoisotopic (exact) mass is 461 g/mol. The second-order valence-corrected chi connectivity index (χ2v) is 7.86. The fourth-order valence-corrected chi connectivity index (χ4v) is 3.84. The minimum Gasteiger partial charge on any atom is -0.503 e. The van der Waals surface area contributed by atoms with Gasteiger partial charge in [-0.15, -0.1) is 0 Å². The van der Waals surface area contributed by atoms with Crippen LogP contribution in [0.2, 0.25) is 10.0 Å². The number of amides is 1. The molecule has 0 fully saturated rings. The summed E-state index contributed by atoms with van der Waals surface area (Å²) in [5.74, 6) is 0.183. The van der Waals surface area contributed by atoms with Gasteiger partial charge in [0.1, 0.15) is 11.5 Å². The lowest BCUT2D eigenvalue weighted by molar-refractivity contribution is 0.101. The van der Waals surface area contributed by atoms with Gasteiger partial charge in [0.2, 0.25) is 0 Å². The van der Waals surface area contributed by atoms with E-state index < -0.39 is 5.91 Å². The number of methoxy groups -OCH3 is 1. The van der Waals surface area contributed by atoms with E-state index in [4.69, 9.17) is 32.7 Å². The number of ether oxygens (including phenoxy) is 2. The summed E-state index contributed by atoms with van der Waals surface area (Å²) in [5, 5.41) is 14.0. The molecule has 0 aliphatic rings. The Morgan fingerprint density at radius 3 is 2.77 bits per heavy atom. The van der Waals surface area contributed by atoms with Gasteiger partial charge in [-0.2, -0.15) is 0 Å². The van der Waals surface area contributed by atoms with Crippen molar-refractivity contribution in [1.82, 2.24) is 9.97 Å². The fraction of sp³-hybridized carbons (Fsp3) is 0.0500. The molecule has 4 rings (SSSR count). The predicted octanol–water partition coefficient (Wildman–Crippen LogP) is 5.76. The first-order valence-electron chi connectivity index (χ1n) is 8.51. The van der Waals surface area contributed by atoms with Crippen molar-refractivity contribution >= 4 is 55.8 Å². The van der Waals surface area contributed by atoms with Gasteiger partial charge in [0.25, 0.3) is 5.91 Å². The number of anilines is 1. The summed E-state index contributed by atoms with van der Waals surface area (Å²) < 4.78 is 11.6. The highest BCUT2D eigenvalue weighted by Crippen LogP contribution is 2.35. The van der Waals surface area contributed by atoms with Gasteiger partial charge in [0.05, 0.1) is 22.3 Å². The third kappa shape index (κ3) is 4.11. The Morgan fingerprint density at radius 1 is 1.13 bits per heavy atom. The average Bonchev–Trinajstić information content (AvgIpc) is 3.12. The minimum absolute atomic E-state index is 0.154. The number of aromatic hydroxyl groups is 1. The van der Waals surface area contributed by atoms with Crippen LogP contribution in [0.5, 0.6) is 23.0 Å². The maximum Gasteiger partial charge on any atom is 0.280 e. The van der Waals surface area contributed by atoms with E-state index in [2.05, 4.69) is 15.3 Å². The van der Waals surface area contributed by atoms with Crippen LogP contribution in [0.15, 0.2) is 48.7 Å². The molecule has 0 saturated heterocycles. The van der Waals surface area contributed by atoms with Crippen LogP contribution in [-0.4, -0.2) is 28.1 Å². The number of hydrogen-bond acceptors (Lipinski definition) is 7. The lowest BCUT2D eigenvalue weighted by Crippen LogP contribution is -2.13. The van der Waals surface area contributed by atoms with Crippen LogP contribution in [0.25, 0.3) is 10.2 Å². The highest BCUT2D eigenvalue weighted by atomic mass is 35.5. The number of halogens is 2. The Morgan fingerprint density at radius 2 is 1.97 bits per heavy atom. The van der Waals surface area contributed by atoms with Gasteiger partial charge in [0, 0.05) is 29.4 Å². The molecule has 7 nitrogen and oxygen atoms in total. The number of rotatable bonds is 5. The van der Waals surface area contributed by atoms with Crippen molar-refractivity contribution in [3.8, 4) is 23.0 Å². The van der Waals surface area contributed by atoms with Gasteiger partial charge < -0.3 is 14.6 Å². The summed E-state index contributed by atoms with van der Waals surface area (Å²) in [5.41, 5.74) is 0.510. The summed E-state index contributed by atoms with van der Waals surface area (Å²) in [6, 6.07) is 11.7. The first-order chi connectivity index (χ1) is 14.4. The molecule has 0 aliphatic heterocycles. The van der Waals surface area contributed by atoms with Crippen LogP contribution in [0.4, 0.5) is 5.13 Å². The maximum absolute atomic E-state index is 12.5. The van der Waals surface area contributed by atoms with Gasteiger partial charge in [-0.05, 0) is 24.3 Å². The summed E-state index contributed by atoms with van der Waals surface area (Å²) in [6.07, 6.45) is 1.37. The second-order valence-electron chi connectivity index (χ2n) is 5.99. The molecule has 0 spiro atoms. The van der Waals surface area contributed by atoms with Crippen LogP contribution in [-0.2, 0) is 0 Å². The highest BCUT2D eigenvalue weighted by Gasteiger charge is 2.18. The lowest BCUT2D eigenvalue weighted by atomic mass is 10.3.